The second kappa shape index (κ2) is 6.09. The zero-order chi connectivity index (χ0) is 14.7. The Morgan fingerprint density at radius 3 is 2.65 bits per heavy atom. The minimum absolute atomic E-state index is 0.382. The third-order valence-corrected chi connectivity index (χ3v) is 3.87. The van der Waals surface area contributed by atoms with Gasteiger partial charge in [-0.05, 0) is 33.0 Å². The minimum Gasteiger partial charge on any atom is -0.465 e. The Labute approximate surface area is 119 Å². The number of esters is 1. The summed E-state index contributed by atoms with van der Waals surface area (Å²) in [6, 6.07) is 2.19. The van der Waals surface area contributed by atoms with Crippen LogP contribution in [0, 0.1) is 0 Å². The SMILES string of the molecule is COC(=O)c1ccnc(N2CCC(N(C)C)CC2)c1N. The maximum atomic E-state index is 11.7. The molecule has 0 amide bonds. The number of nitrogens with two attached hydrogens (primary N) is 1. The zero-order valence-electron chi connectivity index (χ0n) is 12.3. The van der Waals surface area contributed by atoms with E-state index in [0.29, 0.717) is 23.1 Å². The number of nitrogen functional groups attached to an aromatic ring is 1. The number of carbonyl (C=O) groups is 1. The van der Waals surface area contributed by atoms with Crippen LogP contribution in [0.1, 0.15) is 23.2 Å². The Morgan fingerprint density at radius 1 is 1.45 bits per heavy atom. The van der Waals surface area contributed by atoms with Gasteiger partial charge < -0.3 is 20.3 Å². The van der Waals surface area contributed by atoms with Gasteiger partial charge in [-0.1, -0.05) is 0 Å². The van der Waals surface area contributed by atoms with E-state index in [2.05, 4.69) is 28.9 Å². The largest absolute Gasteiger partial charge is 0.465 e. The first-order valence-electron chi connectivity index (χ1n) is 6.78. The molecule has 6 heteroatoms. The van der Waals surface area contributed by atoms with E-state index in [-0.39, 0.29) is 0 Å². The van der Waals surface area contributed by atoms with Crippen molar-refractivity contribution in [3.63, 3.8) is 0 Å². The van der Waals surface area contributed by atoms with Gasteiger partial charge in [0, 0.05) is 25.3 Å². The highest BCUT2D eigenvalue weighted by molar-refractivity contribution is 5.97. The topological polar surface area (TPSA) is 71.7 Å². The Hall–Kier alpha value is -1.82. The van der Waals surface area contributed by atoms with Crippen molar-refractivity contribution in [2.24, 2.45) is 0 Å². The van der Waals surface area contributed by atoms with E-state index >= 15 is 0 Å². The molecule has 6 nitrogen and oxygen atoms in total. The zero-order valence-corrected chi connectivity index (χ0v) is 12.3. The molecule has 0 aliphatic carbocycles. The van der Waals surface area contributed by atoms with Crippen LogP contribution >= 0.6 is 0 Å². The number of pyridine rings is 1. The van der Waals surface area contributed by atoms with Crippen molar-refractivity contribution in [1.82, 2.24) is 9.88 Å². The fourth-order valence-corrected chi connectivity index (χ4v) is 2.60. The lowest BCUT2D eigenvalue weighted by Crippen LogP contribution is -2.42. The van der Waals surface area contributed by atoms with Crippen molar-refractivity contribution in [2.45, 2.75) is 18.9 Å². The smallest absolute Gasteiger partial charge is 0.340 e. The summed E-state index contributed by atoms with van der Waals surface area (Å²) in [4.78, 5) is 20.4. The molecule has 2 rings (SSSR count). The number of hydrogen-bond acceptors (Lipinski definition) is 6. The lowest BCUT2D eigenvalue weighted by atomic mass is 10.0. The van der Waals surface area contributed by atoms with Crippen molar-refractivity contribution in [3.05, 3.63) is 17.8 Å². The van der Waals surface area contributed by atoms with Gasteiger partial charge in [0.2, 0.25) is 0 Å². The van der Waals surface area contributed by atoms with Gasteiger partial charge in [0.25, 0.3) is 0 Å². The molecule has 1 aliphatic rings. The van der Waals surface area contributed by atoms with E-state index in [1.165, 1.54) is 7.11 Å². The molecule has 0 spiro atoms. The molecule has 0 bridgehead atoms. The van der Waals surface area contributed by atoms with Gasteiger partial charge in [-0.15, -0.1) is 0 Å². The molecule has 0 aromatic carbocycles. The number of rotatable bonds is 3. The summed E-state index contributed by atoms with van der Waals surface area (Å²) in [5.41, 5.74) is 6.86. The Kier molecular flexibility index (Phi) is 4.44. The number of methoxy groups -OCH3 is 1. The number of ether oxygens (including phenoxy) is 1. The van der Waals surface area contributed by atoms with Crippen LogP contribution in [-0.4, -0.2) is 56.2 Å². The Morgan fingerprint density at radius 2 is 2.10 bits per heavy atom. The molecule has 110 valence electrons. The highest BCUT2D eigenvalue weighted by atomic mass is 16.5. The average Bonchev–Trinajstić information content (AvgIpc) is 2.47. The second-order valence-corrected chi connectivity index (χ2v) is 5.27. The molecule has 1 aromatic heterocycles. The maximum absolute atomic E-state index is 11.7. The quantitative estimate of drug-likeness (QED) is 0.831. The van der Waals surface area contributed by atoms with Crippen molar-refractivity contribution in [3.8, 4) is 0 Å². The number of hydrogen-bond donors (Lipinski definition) is 1. The van der Waals surface area contributed by atoms with E-state index in [9.17, 15) is 4.79 Å². The third-order valence-electron chi connectivity index (χ3n) is 3.87. The fraction of sp³-hybridized carbons (Fsp3) is 0.571. The van der Waals surface area contributed by atoms with Crippen molar-refractivity contribution >= 4 is 17.5 Å². The maximum Gasteiger partial charge on any atom is 0.340 e. The fourth-order valence-electron chi connectivity index (χ4n) is 2.60. The molecule has 1 saturated heterocycles. The molecule has 0 saturated carbocycles. The van der Waals surface area contributed by atoms with Gasteiger partial charge in [-0.2, -0.15) is 0 Å². The molecule has 2 N–H and O–H groups in total. The van der Waals surface area contributed by atoms with Crippen LogP contribution in [0.3, 0.4) is 0 Å². The van der Waals surface area contributed by atoms with Crippen LogP contribution in [-0.2, 0) is 4.74 Å². The number of aromatic nitrogens is 1. The monoisotopic (exact) mass is 278 g/mol. The van der Waals surface area contributed by atoms with Gasteiger partial charge >= 0.3 is 5.97 Å². The summed E-state index contributed by atoms with van der Waals surface area (Å²) in [6.45, 7) is 1.79. The molecule has 20 heavy (non-hydrogen) atoms. The van der Waals surface area contributed by atoms with E-state index < -0.39 is 5.97 Å². The summed E-state index contributed by atoms with van der Waals surface area (Å²) in [7, 11) is 5.56. The lowest BCUT2D eigenvalue weighted by Gasteiger charge is -2.36. The predicted molar refractivity (Wildman–Crippen MR) is 78.9 cm³/mol. The summed E-state index contributed by atoms with van der Waals surface area (Å²) in [5.74, 6) is 0.263. The van der Waals surface area contributed by atoms with E-state index in [0.717, 1.165) is 25.9 Å². The van der Waals surface area contributed by atoms with Gasteiger partial charge in [-0.3, -0.25) is 0 Å². The number of anilines is 2. The average molecular weight is 278 g/mol. The van der Waals surface area contributed by atoms with Crippen LogP contribution in [0.5, 0.6) is 0 Å². The van der Waals surface area contributed by atoms with Crippen molar-refractivity contribution in [1.29, 1.82) is 0 Å². The predicted octanol–water partition coefficient (Wildman–Crippen LogP) is 0.981. The van der Waals surface area contributed by atoms with Gasteiger partial charge in [0.1, 0.15) is 0 Å². The van der Waals surface area contributed by atoms with Crippen LogP contribution in [0.25, 0.3) is 0 Å². The summed E-state index contributed by atoms with van der Waals surface area (Å²) in [6.07, 6.45) is 3.74. The van der Waals surface area contributed by atoms with Gasteiger partial charge in [0.05, 0.1) is 18.4 Å². The molecule has 0 atom stereocenters. The first-order valence-corrected chi connectivity index (χ1v) is 6.78. The van der Waals surface area contributed by atoms with E-state index in [1.54, 1.807) is 12.3 Å². The number of nitrogens with zero attached hydrogens (tertiary/aromatic N) is 3. The Balaban J connectivity index is 2.16. The molecule has 1 aliphatic heterocycles. The molecule has 0 unspecified atom stereocenters. The van der Waals surface area contributed by atoms with E-state index in [4.69, 9.17) is 10.5 Å². The molecular weight excluding hydrogens is 256 g/mol. The van der Waals surface area contributed by atoms with Crippen molar-refractivity contribution < 1.29 is 9.53 Å². The van der Waals surface area contributed by atoms with Crippen LogP contribution in [0.15, 0.2) is 12.3 Å². The summed E-state index contributed by atoms with van der Waals surface area (Å²) < 4.78 is 4.74. The second-order valence-electron chi connectivity index (χ2n) is 5.27. The van der Waals surface area contributed by atoms with E-state index in [1.807, 2.05) is 0 Å². The van der Waals surface area contributed by atoms with Crippen LogP contribution in [0.2, 0.25) is 0 Å². The first kappa shape index (κ1) is 14.6. The normalized spacial score (nSPS) is 16.5. The van der Waals surface area contributed by atoms with Gasteiger partial charge in [0.15, 0.2) is 5.82 Å². The first-order chi connectivity index (χ1) is 9.54. The van der Waals surface area contributed by atoms with Crippen LogP contribution in [0.4, 0.5) is 11.5 Å². The summed E-state index contributed by atoms with van der Waals surface area (Å²) >= 11 is 0. The van der Waals surface area contributed by atoms with Crippen molar-refractivity contribution in [2.75, 3.05) is 44.9 Å². The molecule has 1 aromatic rings. The number of piperidine rings is 1. The molecule has 0 radical (unpaired) electrons. The Bertz CT molecular complexity index is 482. The highest BCUT2D eigenvalue weighted by Crippen LogP contribution is 2.27. The lowest BCUT2D eigenvalue weighted by molar-refractivity contribution is 0.0602. The molecule has 1 fully saturated rings. The number of carbonyl (C=O) groups excluding carboxylic acids is 1. The molecular formula is C14H22N4O2. The molecule has 2 heterocycles. The summed E-state index contributed by atoms with van der Waals surface area (Å²) in [5, 5.41) is 0. The van der Waals surface area contributed by atoms with Crippen LogP contribution < -0.4 is 10.6 Å². The third kappa shape index (κ3) is 2.85. The highest BCUT2D eigenvalue weighted by Gasteiger charge is 2.24. The minimum atomic E-state index is -0.422. The van der Waals surface area contributed by atoms with Gasteiger partial charge in [-0.25, -0.2) is 9.78 Å². The standard InChI is InChI=1S/C14H22N4O2/c1-17(2)10-5-8-18(9-6-10)13-12(15)11(4-7-16-13)14(19)20-3/h4,7,10H,5-6,8-9,15H2,1-3H3.